The lowest BCUT2D eigenvalue weighted by Gasteiger charge is -2.35. The number of carbonyl (C=O) groups excluding carboxylic acids is 1. The number of hydrogen-bond donors (Lipinski definition) is 3. The molecule has 0 radical (unpaired) electrons. The maximum atomic E-state index is 12.0. The van der Waals surface area contributed by atoms with Crippen LogP contribution >= 0.6 is 0 Å². The molecule has 1 saturated carbocycles. The second-order valence-corrected chi connectivity index (χ2v) is 8.02. The lowest BCUT2D eigenvalue weighted by atomic mass is 9.87. The van der Waals surface area contributed by atoms with Crippen molar-refractivity contribution in [3.05, 3.63) is 35.7 Å². The van der Waals surface area contributed by atoms with Crippen molar-refractivity contribution in [2.75, 3.05) is 7.05 Å². The van der Waals surface area contributed by atoms with Gasteiger partial charge in [-0.2, -0.15) is 15.3 Å². The number of rotatable bonds is 6. The van der Waals surface area contributed by atoms with Gasteiger partial charge in [0.1, 0.15) is 5.69 Å². The summed E-state index contributed by atoms with van der Waals surface area (Å²) in [5, 5.41) is 20.7. The first-order valence-electron chi connectivity index (χ1n) is 10.4. The van der Waals surface area contributed by atoms with Crippen molar-refractivity contribution in [2.24, 2.45) is 5.73 Å². The van der Waals surface area contributed by atoms with E-state index in [-0.39, 0.29) is 6.04 Å². The van der Waals surface area contributed by atoms with Crippen molar-refractivity contribution < 1.29 is 4.79 Å². The van der Waals surface area contributed by atoms with Gasteiger partial charge in [-0.3, -0.25) is 19.3 Å². The van der Waals surface area contributed by atoms with E-state index in [4.69, 9.17) is 10.7 Å². The van der Waals surface area contributed by atoms with Crippen molar-refractivity contribution >= 4 is 16.8 Å². The summed E-state index contributed by atoms with van der Waals surface area (Å²) in [6.45, 7) is 4.70. The first-order valence-corrected chi connectivity index (χ1v) is 10.4. The molecule has 0 bridgehead atoms. The SMILES string of the molecule is CCn1nc(C)cc1-c1nc(-c2cc(C(N)=O)cc3c2cnn3C2CC(NC)C2)n[nH]1. The standard InChI is InChI=1S/C21H25N9O/c1-4-29-18(5-11(2)28-29)21-25-20(26-27-21)15-6-12(19(22)31)7-17-16(15)10-24-30(17)14-8-13(9-14)23-3/h5-7,10,13-14,23H,4,8-9H2,1-3H3,(H2,22,31)(H,25,26,27). The van der Waals surface area contributed by atoms with Gasteiger partial charge in [0, 0.05) is 29.1 Å². The average Bonchev–Trinajstić information content (AvgIpc) is 3.44. The Morgan fingerprint density at radius 1 is 1.32 bits per heavy atom. The second-order valence-electron chi connectivity index (χ2n) is 8.02. The predicted molar refractivity (Wildman–Crippen MR) is 116 cm³/mol. The van der Waals surface area contributed by atoms with Gasteiger partial charge in [0.15, 0.2) is 11.6 Å². The number of benzene rings is 1. The van der Waals surface area contributed by atoms with Crippen LogP contribution in [-0.2, 0) is 6.54 Å². The van der Waals surface area contributed by atoms with Crippen molar-refractivity contribution in [1.82, 2.24) is 40.1 Å². The molecule has 0 atom stereocenters. The van der Waals surface area contributed by atoms with E-state index in [2.05, 4.69) is 25.7 Å². The van der Waals surface area contributed by atoms with Crippen LogP contribution in [-0.4, -0.2) is 53.7 Å². The van der Waals surface area contributed by atoms with Crippen LogP contribution in [0.2, 0.25) is 0 Å². The van der Waals surface area contributed by atoms with E-state index in [0.29, 0.717) is 23.3 Å². The molecule has 0 unspecified atom stereocenters. The molecule has 0 saturated heterocycles. The fourth-order valence-electron chi connectivity index (χ4n) is 4.26. The van der Waals surface area contributed by atoms with Gasteiger partial charge in [0.25, 0.3) is 0 Å². The number of aromatic amines is 1. The number of primary amides is 1. The molecule has 5 rings (SSSR count). The van der Waals surface area contributed by atoms with Crippen molar-refractivity contribution in [3.63, 3.8) is 0 Å². The maximum absolute atomic E-state index is 12.0. The summed E-state index contributed by atoms with van der Waals surface area (Å²) < 4.78 is 3.87. The summed E-state index contributed by atoms with van der Waals surface area (Å²) in [5.41, 5.74) is 9.42. The Hall–Kier alpha value is -3.53. The summed E-state index contributed by atoms with van der Waals surface area (Å²) in [6.07, 6.45) is 3.81. The quantitative estimate of drug-likeness (QED) is 0.438. The van der Waals surface area contributed by atoms with Crippen molar-refractivity contribution in [3.8, 4) is 22.9 Å². The molecule has 1 fully saturated rings. The first-order chi connectivity index (χ1) is 15.0. The summed E-state index contributed by atoms with van der Waals surface area (Å²) in [6, 6.07) is 6.30. The number of aromatic nitrogens is 7. The van der Waals surface area contributed by atoms with Crippen molar-refractivity contribution in [1.29, 1.82) is 0 Å². The highest BCUT2D eigenvalue weighted by molar-refractivity contribution is 6.02. The van der Waals surface area contributed by atoms with E-state index < -0.39 is 5.91 Å². The lowest BCUT2D eigenvalue weighted by molar-refractivity contribution is 0.100. The highest BCUT2D eigenvalue weighted by Crippen LogP contribution is 2.36. The molecule has 1 aliphatic carbocycles. The van der Waals surface area contributed by atoms with Gasteiger partial charge in [0.05, 0.1) is 23.4 Å². The third-order valence-electron chi connectivity index (χ3n) is 6.04. The average molecular weight is 419 g/mol. The molecule has 0 spiro atoms. The van der Waals surface area contributed by atoms with Gasteiger partial charge in [-0.15, -0.1) is 0 Å². The van der Waals surface area contributed by atoms with Gasteiger partial charge in [0.2, 0.25) is 5.91 Å². The number of carbonyl (C=O) groups is 1. The number of aryl methyl sites for hydroxylation is 2. The van der Waals surface area contributed by atoms with E-state index in [1.807, 2.05) is 48.6 Å². The number of hydrogen-bond acceptors (Lipinski definition) is 6. The molecule has 10 nitrogen and oxygen atoms in total. The van der Waals surface area contributed by atoms with Crippen LogP contribution in [0.1, 0.15) is 41.9 Å². The van der Waals surface area contributed by atoms with Gasteiger partial charge in [-0.25, -0.2) is 4.98 Å². The Morgan fingerprint density at radius 3 is 2.84 bits per heavy atom. The maximum Gasteiger partial charge on any atom is 0.248 e. The van der Waals surface area contributed by atoms with Crippen molar-refractivity contribution in [2.45, 2.75) is 45.3 Å². The minimum atomic E-state index is -0.493. The lowest BCUT2D eigenvalue weighted by Crippen LogP contribution is -2.40. The third-order valence-corrected chi connectivity index (χ3v) is 6.04. The zero-order valence-electron chi connectivity index (χ0n) is 17.8. The van der Waals surface area contributed by atoms with Crippen LogP contribution < -0.4 is 11.1 Å². The van der Waals surface area contributed by atoms with Gasteiger partial charge < -0.3 is 11.1 Å². The monoisotopic (exact) mass is 419 g/mol. The largest absolute Gasteiger partial charge is 0.366 e. The van der Waals surface area contributed by atoms with Crippen LogP contribution in [0.3, 0.4) is 0 Å². The number of nitrogens with two attached hydrogens (primary N) is 1. The van der Waals surface area contributed by atoms with Gasteiger partial charge in [-0.1, -0.05) is 0 Å². The zero-order chi connectivity index (χ0) is 21.7. The van der Waals surface area contributed by atoms with Gasteiger partial charge in [-0.05, 0) is 51.9 Å². The molecule has 10 heteroatoms. The minimum Gasteiger partial charge on any atom is -0.366 e. The molecule has 3 heterocycles. The highest BCUT2D eigenvalue weighted by Gasteiger charge is 2.31. The van der Waals surface area contributed by atoms with Crippen LogP contribution in [0.15, 0.2) is 24.4 Å². The molecule has 31 heavy (non-hydrogen) atoms. The summed E-state index contributed by atoms with van der Waals surface area (Å²) >= 11 is 0. The Balaban J connectivity index is 1.61. The Morgan fingerprint density at radius 2 is 2.13 bits per heavy atom. The van der Waals surface area contributed by atoms with Crippen LogP contribution in [0.25, 0.3) is 33.8 Å². The molecule has 3 aromatic heterocycles. The minimum absolute atomic E-state index is 0.288. The Kier molecular flexibility index (Phi) is 4.58. The summed E-state index contributed by atoms with van der Waals surface area (Å²) in [5.74, 6) is 0.622. The molecule has 4 aromatic rings. The smallest absolute Gasteiger partial charge is 0.248 e. The fourth-order valence-corrected chi connectivity index (χ4v) is 4.26. The van der Waals surface area contributed by atoms with E-state index in [0.717, 1.165) is 47.2 Å². The number of amides is 1. The summed E-state index contributed by atoms with van der Waals surface area (Å²) in [4.78, 5) is 16.8. The van der Waals surface area contributed by atoms with Crippen LogP contribution in [0.5, 0.6) is 0 Å². The van der Waals surface area contributed by atoms with E-state index in [9.17, 15) is 4.79 Å². The molecular formula is C21H25N9O. The number of nitrogens with one attached hydrogen (secondary N) is 2. The molecule has 4 N–H and O–H groups in total. The zero-order valence-corrected chi connectivity index (χ0v) is 17.8. The number of nitrogens with zero attached hydrogens (tertiary/aromatic N) is 6. The number of fused-ring (bicyclic) bond motifs is 1. The predicted octanol–water partition coefficient (Wildman–Crippen LogP) is 2.04. The number of H-pyrrole nitrogens is 1. The molecule has 1 aliphatic rings. The normalized spacial score (nSPS) is 18.4. The highest BCUT2D eigenvalue weighted by atomic mass is 16.1. The van der Waals surface area contributed by atoms with Gasteiger partial charge >= 0.3 is 0 Å². The molecule has 1 aromatic carbocycles. The molecule has 0 aliphatic heterocycles. The molecule has 160 valence electrons. The van der Waals surface area contributed by atoms with E-state index in [1.54, 1.807) is 6.07 Å². The van der Waals surface area contributed by atoms with E-state index in [1.165, 1.54) is 0 Å². The fraction of sp³-hybridized carbons (Fsp3) is 0.381. The molecular weight excluding hydrogens is 394 g/mol. The third kappa shape index (κ3) is 3.19. The topological polar surface area (TPSA) is 132 Å². The van der Waals surface area contributed by atoms with Crippen LogP contribution in [0, 0.1) is 6.92 Å². The second kappa shape index (κ2) is 7.31. The molecule has 1 amide bonds. The Bertz CT molecular complexity index is 1280. The Labute approximate surface area is 178 Å². The summed E-state index contributed by atoms with van der Waals surface area (Å²) in [7, 11) is 1.97. The van der Waals surface area contributed by atoms with Crippen LogP contribution in [0.4, 0.5) is 0 Å². The first kappa shape index (κ1) is 19.4. The van der Waals surface area contributed by atoms with E-state index >= 15 is 0 Å².